The second-order valence-electron chi connectivity index (χ2n) is 8.00. The molecule has 1 amide bonds. The number of hydrogen-bond acceptors (Lipinski definition) is 9. The number of hydrogen-bond donors (Lipinski definition) is 2. The van der Waals surface area contributed by atoms with Gasteiger partial charge in [-0.05, 0) is 25.0 Å². The Kier molecular flexibility index (Phi) is 6.89. The van der Waals surface area contributed by atoms with Crippen LogP contribution in [0.3, 0.4) is 0 Å². The van der Waals surface area contributed by atoms with Crippen molar-refractivity contribution in [2.45, 2.75) is 26.7 Å². The van der Waals surface area contributed by atoms with Gasteiger partial charge in [-0.1, -0.05) is 56.3 Å². The van der Waals surface area contributed by atoms with Crippen molar-refractivity contribution in [3.05, 3.63) is 81.7 Å². The highest BCUT2D eigenvalue weighted by atomic mass is 32.1. The standard InChI is InChI=1S/C26H22N6O3S2/c1-3-18-20(4-2)37-25(27-18)30-29-22-21(15-9-6-5-7-10-15)31-32(23(22)33)26-28-19(14-36-26)16-11-8-12-17(13-16)24(34)35/h5-14H,3-4H2,1-2H3,(H,27,30)(H,34,35)/b29-22-. The highest BCUT2D eigenvalue weighted by Crippen LogP contribution is 2.31. The van der Waals surface area contributed by atoms with Crippen LogP contribution in [0.1, 0.15) is 40.3 Å². The van der Waals surface area contributed by atoms with E-state index in [0.717, 1.165) is 24.1 Å². The number of aromatic carboxylic acids is 1. The molecule has 0 bridgehead atoms. The summed E-state index contributed by atoms with van der Waals surface area (Å²) in [6, 6.07) is 15.9. The van der Waals surface area contributed by atoms with Gasteiger partial charge in [0.05, 0.1) is 17.0 Å². The van der Waals surface area contributed by atoms with Crippen molar-refractivity contribution in [2.24, 2.45) is 10.2 Å². The summed E-state index contributed by atoms with van der Waals surface area (Å²) in [5, 5.41) is 22.3. The Morgan fingerprint density at radius 1 is 1.05 bits per heavy atom. The van der Waals surface area contributed by atoms with Gasteiger partial charge in [0.1, 0.15) is 5.71 Å². The number of aryl methyl sites for hydroxylation is 2. The van der Waals surface area contributed by atoms with Gasteiger partial charge in [-0.15, -0.1) is 22.7 Å². The van der Waals surface area contributed by atoms with Gasteiger partial charge >= 0.3 is 11.9 Å². The third-order valence-corrected chi connectivity index (χ3v) is 7.61. The molecule has 0 saturated carbocycles. The van der Waals surface area contributed by atoms with E-state index in [0.29, 0.717) is 27.2 Å². The molecule has 0 unspecified atom stereocenters. The van der Waals surface area contributed by atoms with Crippen LogP contribution in [0, 0.1) is 0 Å². The summed E-state index contributed by atoms with van der Waals surface area (Å²) < 4.78 is 0. The molecule has 1 aliphatic rings. The van der Waals surface area contributed by atoms with Crippen molar-refractivity contribution in [2.75, 3.05) is 10.4 Å². The van der Waals surface area contributed by atoms with Crippen molar-refractivity contribution in [3.8, 4) is 11.3 Å². The lowest BCUT2D eigenvalue weighted by Gasteiger charge is -2.06. The Morgan fingerprint density at radius 2 is 1.84 bits per heavy atom. The Hall–Kier alpha value is -4.22. The van der Waals surface area contributed by atoms with E-state index in [1.807, 2.05) is 30.3 Å². The summed E-state index contributed by atoms with van der Waals surface area (Å²) in [5.74, 6) is -1.44. The van der Waals surface area contributed by atoms with Crippen molar-refractivity contribution in [1.29, 1.82) is 0 Å². The molecule has 1 aliphatic heterocycles. The van der Waals surface area contributed by atoms with Gasteiger partial charge in [0.25, 0.3) is 0 Å². The number of thiazole rings is 2. The molecule has 9 nitrogen and oxygen atoms in total. The first-order valence-electron chi connectivity index (χ1n) is 11.6. The molecule has 37 heavy (non-hydrogen) atoms. The highest BCUT2D eigenvalue weighted by Gasteiger charge is 2.36. The van der Waals surface area contributed by atoms with Gasteiger partial charge in [-0.2, -0.15) is 15.2 Å². The summed E-state index contributed by atoms with van der Waals surface area (Å²) in [7, 11) is 0. The molecule has 186 valence electrons. The van der Waals surface area contributed by atoms with E-state index in [1.54, 1.807) is 23.6 Å². The van der Waals surface area contributed by atoms with E-state index in [1.165, 1.54) is 38.6 Å². The minimum absolute atomic E-state index is 0.155. The molecule has 0 aliphatic carbocycles. The number of hydrazone groups is 2. The molecule has 3 heterocycles. The zero-order chi connectivity index (χ0) is 25.9. The second-order valence-corrected chi connectivity index (χ2v) is 9.92. The van der Waals surface area contributed by atoms with Gasteiger partial charge in [0, 0.05) is 21.4 Å². The fourth-order valence-corrected chi connectivity index (χ4v) is 5.52. The third-order valence-electron chi connectivity index (χ3n) is 5.64. The fourth-order valence-electron chi connectivity index (χ4n) is 3.81. The van der Waals surface area contributed by atoms with Gasteiger partial charge < -0.3 is 5.11 Å². The van der Waals surface area contributed by atoms with Crippen molar-refractivity contribution in [3.63, 3.8) is 0 Å². The molecule has 0 radical (unpaired) electrons. The molecule has 2 aromatic carbocycles. The van der Waals surface area contributed by atoms with Crippen molar-refractivity contribution < 1.29 is 14.7 Å². The van der Waals surface area contributed by atoms with Crippen LogP contribution in [0.25, 0.3) is 11.3 Å². The third kappa shape index (κ3) is 4.91. The number of carbonyl (C=O) groups is 2. The molecule has 0 atom stereocenters. The fraction of sp³-hybridized carbons (Fsp3) is 0.154. The lowest BCUT2D eigenvalue weighted by molar-refractivity contribution is -0.112. The number of carboxylic acids is 1. The summed E-state index contributed by atoms with van der Waals surface area (Å²) in [6.07, 6.45) is 1.70. The van der Waals surface area contributed by atoms with Crippen molar-refractivity contribution >= 4 is 56.2 Å². The molecule has 4 aromatic rings. The summed E-state index contributed by atoms with van der Waals surface area (Å²) in [6.45, 7) is 4.14. The van der Waals surface area contributed by atoms with Gasteiger partial charge in [-0.25, -0.2) is 14.8 Å². The number of nitrogens with one attached hydrogen (secondary N) is 1. The maximum Gasteiger partial charge on any atom is 0.335 e. The van der Waals surface area contributed by atoms with Gasteiger partial charge in [0.2, 0.25) is 10.3 Å². The predicted molar refractivity (Wildman–Crippen MR) is 147 cm³/mol. The number of rotatable bonds is 8. The molecule has 0 fully saturated rings. The highest BCUT2D eigenvalue weighted by molar-refractivity contribution is 7.15. The summed E-state index contributed by atoms with van der Waals surface area (Å²) in [4.78, 5) is 35.2. The van der Waals surface area contributed by atoms with Crippen LogP contribution in [0.2, 0.25) is 0 Å². The first-order valence-corrected chi connectivity index (χ1v) is 13.3. The Balaban J connectivity index is 1.48. The average molecular weight is 531 g/mol. The molecule has 2 aromatic heterocycles. The van der Waals surface area contributed by atoms with Gasteiger partial charge in [0.15, 0.2) is 5.71 Å². The van der Waals surface area contributed by atoms with Crippen LogP contribution in [-0.2, 0) is 17.6 Å². The SMILES string of the molecule is CCc1nc(N/N=C2\C(=O)N(c3nc(-c4cccc(C(=O)O)c4)cs3)N=C2c2ccccc2)sc1CC. The lowest BCUT2D eigenvalue weighted by atomic mass is 10.1. The van der Waals surface area contributed by atoms with E-state index < -0.39 is 11.9 Å². The van der Waals surface area contributed by atoms with Crippen LogP contribution < -0.4 is 10.4 Å². The minimum atomic E-state index is -1.02. The van der Waals surface area contributed by atoms with Crippen LogP contribution in [0.4, 0.5) is 10.3 Å². The maximum absolute atomic E-state index is 13.5. The number of nitrogens with zero attached hydrogens (tertiary/aromatic N) is 5. The number of benzene rings is 2. The zero-order valence-electron chi connectivity index (χ0n) is 20.0. The van der Waals surface area contributed by atoms with E-state index in [2.05, 4.69) is 39.4 Å². The quantitative estimate of drug-likeness (QED) is 0.298. The Labute approximate surface area is 220 Å². The first kappa shape index (κ1) is 24.5. The van der Waals surface area contributed by atoms with Crippen molar-refractivity contribution in [1.82, 2.24) is 9.97 Å². The predicted octanol–water partition coefficient (Wildman–Crippen LogP) is 5.31. The topological polar surface area (TPSA) is 120 Å². The first-order chi connectivity index (χ1) is 18.0. The largest absolute Gasteiger partial charge is 0.478 e. The molecular formula is C26H22N6O3S2. The molecule has 0 spiro atoms. The monoisotopic (exact) mass is 530 g/mol. The van der Waals surface area contributed by atoms with Crippen LogP contribution in [0.15, 0.2) is 70.2 Å². The van der Waals surface area contributed by atoms with Crippen LogP contribution in [0.5, 0.6) is 0 Å². The van der Waals surface area contributed by atoms with E-state index in [4.69, 9.17) is 0 Å². The minimum Gasteiger partial charge on any atom is -0.478 e. The number of amides is 1. The Bertz CT molecular complexity index is 1520. The van der Waals surface area contributed by atoms with Gasteiger partial charge in [-0.3, -0.25) is 10.2 Å². The number of carboxylic acid groups (broad SMARTS) is 1. The summed E-state index contributed by atoms with van der Waals surface area (Å²) >= 11 is 2.76. The average Bonchev–Trinajstić information content (AvgIpc) is 3.65. The van der Waals surface area contributed by atoms with Crippen LogP contribution in [-0.4, -0.2) is 38.4 Å². The van der Waals surface area contributed by atoms with E-state index in [-0.39, 0.29) is 11.3 Å². The molecular weight excluding hydrogens is 508 g/mol. The van der Waals surface area contributed by atoms with E-state index in [9.17, 15) is 14.7 Å². The molecule has 2 N–H and O–H groups in total. The number of aromatic nitrogens is 2. The maximum atomic E-state index is 13.5. The number of carbonyl (C=O) groups excluding carboxylic acids is 1. The molecule has 0 saturated heterocycles. The normalized spacial score (nSPS) is 14.3. The Morgan fingerprint density at radius 3 is 2.54 bits per heavy atom. The number of anilines is 2. The lowest BCUT2D eigenvalue weighted by Crippen LogP contribution is -2.28. The summed E-state index contributed by atoms with van der Waals surface area (Å²) in [5.41, 5.74) is 6.65. The molecule has 5 rings (SSSR count). The van der Waals surface area contributed by atoms with Crippen LogP contribution >= 0.6 is 22.7 Å². The zero-order valence-corrected chi connectivity index (χ0v) is 21.6. The van der Waals surface area contributed by atoms with E-state index >= 15 is 0 Å². The smallest absolute Gasteiger partial charge is 0.335 e. The molecule has 11 heteroatoms. The second kappa shape index (κ2) is 10.4.